The van der Waals surface area contributed by atoms with Gasteiger partial charge in [-0.2, -0.15) is 0 Å². The number of nitrogens with two attached hydrogens (primary N) is 1. The van der Waals surface area contributed by atoms with Gasteiger partial charge in [-0.15, -0.1) is 11.3 Å². The van der Waals surface area contributed by atoms with Crippen molar-refractivity contribution in [3.05, 3.63) is 91.0 Å². The summed E-state index contributed by atoms with van der Waals surface area (Å²) in [6.07, 6.45) is 0. The summed E-state index contributed by atoms with van der Waals surface area (Å²) in [7, 11) is 0. The Bertz CT molecular complexity index is 1240. The molecule has 4 aromatic carbocycles. The van der Waals surface area contributed by atoms with Gasteiger partial charge in [0.05, 0.1) is 0 Å². The summed E-state index contributed by atoms with van der Waals surface area (Å²) in [6, 6.07) is 31.8. The van der Waals surface area contributed by atoms with Gasteiger partial charge in [-0.1, -0.05) is 84.9 Å². The van der Waals surface area contributed by atoms with E-state index in [1.807, 2.05) is 29.5 Å². The number of benzene rings is 4. The number of para-hydroxylation sites is 1. The Labute approximate surface area is 156 Å². The summed E-state index contributed by atoms with van der Waals surface area (Å²) in [5.41, 5.74) is 12.0. The molecule has 2 N–H and O–H groups in total. The molecule has 0 aliphatic carbocycles. The average Bonchev–Trinajstić information content (AvgIpc) is 3.08. The first-order valence-electron chi connectivity index (χ1n) is 8.67. The Kier molecular flexibility index (Phi) is 3.51. The fraction of sp³-hybridized carbons (Fsp3) is 0. The van der Waals surface area contributed by atoms with Crippen LogP contribution in [0.3, 0.4) is 0 Å². The molecular weight excluding hydrogens is 334 g/mol. The Morgan fingerprint density at radius 2 is 1.19 bits per heavy atom. The maximum atomic E-state index is 6.64. The number of thiophene rings is 1. The van der Waals surface area contributed by atoms with Gasteiger partial charge in [-0.05, 0) is 11.6 Å². The van der Waals surface area contributed by atoms with Crippen LogP contribution in [0.5, 0.6) is 0 Å². The molecule has 0 bridgehead atoms. The van der Waals surface area contributed by atoms with E-state index in [0.29, 0.717) is 0 Å². The quantitative estimate of drug-likeness (QED) is 0.341. The van der Waals surface area contributed by atoms with Gasteiger partial charge in [0.25, 0.3) is 0 Å². The van der Waals surface area contributed by atoms with Crippen molar-refractivity contribution >= 4 is 37.2 Å². The van der Waals surface area contributed by atoms with Gasteiger partial charge in [0, 0.05) is 42.6 Å². The molecule has 0 radical (unpaired) electrons. The van der Waals surface area contributed by atoms with Crippen LogP contribution in [-0.2, 0) is 0 Å². The van der Waals surface area contributed by atoms with Crippen LogP contribution in [-0.4, -0.2) is 0 Å². The molecule has 124 valence electrons. The van der Waals surface area contributed by atoms with Crippen LogP contribution in [0.2, 0.25) is 0 Å². The first-order chi connectivity index (χ1) is 12.8. The number of hydrogen-bond donors (Lipinski definition) is 1. The summed E-state index contributed by atoms with van der Waals surface area (Å²) in [5.74, 6) is 0. The van der Waals surface area contributed by atoms with E-state index in [0.717, 1.165) is 22.4 Å². The Balaban J connectivity index is 1.79. The minimum Gasteiger partial charge on any atom is -0.398 e. The zero-order chi connectivity index (χ0) is 17.5. The van der Waals surface area contributed by atoms with Gasteiger partial charge in [-0.25, -0.2) is 0 Å². The minimum absolute atomic E-state index is 0.837. The first-order valence-corrected chi connectivity index (χ1v) is 9.49. The fourth-order valence-electron chi connectivity index (χ4n) is 3.63. The van der Waals surface area contributed by atoms with E-state index in [2.05, 4.69) is 72.8 Å². The van der Waals surface area contributed by atoms with Crippen LogP contribution in [0.1, 0.15) is 0 Å². The van der Waals surface area contributed by atoms with Crippen LogP contribution in [0, 0.1) is 0 Å². The van der Waals surface area contributed by atoms with Crippen LogP contribution < -0.4 is 5.73 Å². The van der Waals surface area contributed by atoms with Gasteiger partial charge >= 0.3 is 0 Å². The van der Waals surface area contributed by atoms with Crippen molar-refractivity contribution in [3.8, 4) is 22.3 Å². The Morgan fingerprint density at radius 1 is 0.538 bits per heavy atom. The Hall–Kier alpha value is -3.10. The second-order valence-corrected chi connectivity index (χ2v) is 7.47. The van der Waals surface area contributed by atoms with E-state index >= 15 is 0 Å². The SMILES string of the molecule is Nc1c(-c2ccccc2)cccc1-c1cccc2c1sc1ccccc12. The van der Waals surface area contributed by atoms with Crippen molar-refractivity contribution in [3.63, 3.8) is 0 Å². The van der Waals surface area contributed by atoms with E-state index in [1.165, 1.54) is 25.7 Å². The van der Waals surface area contributed by atoms with Crippen LogP contribution in [0.25, 0.3) is 42.4 Å². The number of anilines is 1. The molecule has 0 aliphatic rings. The van der Waals surface area contributed by atoms with Crippen molar-refractivity contribution in [1.82, 2.24) is 0 Å². The molecule has 5 rings (SSSR count). The van der Waals surface area contributed by atoms with Crippen molar-refractivity contribution in [2.45, 2.75) is 0 Å². The first kappa shape index (κ1) is 15.2. The zero-order valence-electron chi connectivity index (χ0n) is 14.1. The lowest BCUT2D eigenvalue weighted by Crippen LogP contribution is -1.94. The van der Waals surface area contributed by atoms with Crippen LogP contribution >= 0.6 is 11.3 Å². The van der Waals surface area contributed by atoms with Gasteiger partial charge in [0.15, 0.2) is 0 Å². The number of nitrogen functional groups attached to an aromatic ring is 1. The largest absolute Gasteiger partial charge is 0.398 e. The van der Waals surface area contributed by atoms with Gasteiger partial charge < -0.3 is 5.73 Å². The molecule has 0 unspecified atom stereocenters. The van der Waals surface area contributed by atoms with Crippen LogP contribution in [0.4, 0.5) is 5.69 Å². The molecule has 0 spiro atoms. The summed E-state index contributed by atoms with van der Waals surface area (Å²) < 4.78 is 2.61. The molecule has 0 saturated heterocycles. The van der Waals surface area contributed by atoms with Crippen molar-refractivity contribution in [2.75, 3.05) is 5.73 Å². The molecule has 5 aromatic rings. The summed E-state index contributed by atoms with van der Waals surface area (Å²) in [6.45, 7) is 0. The second kappa shape index (κ2) is 6.01. The predicted octanol–water partition coefficient (Wildman–Crippen LogP) is 6.97. The summed E-state index contributed by atoms with van der Waals surface area (Å²) in [4.78, 5) is 0. The minimum atomic E-state index is 0.837. The fourth-order valence-corrected chi connectivity index (χ4v) is 4.86. The highest BCUT2D eigenvalue weighted by Gasteiger charge is 2.14. The van der Waals surface area contributed by atoms with Crippen LogP contribution in [0.15, 0.2) is 91.0 Å². The van der Waals surface area contributed by atoms with E-state index < -0.39 is 0 Å². The highest BCUT2D eigenvalue weighted by Crippen LogP contribution is 2.43. The standard InChI is InChI=1S/C24H17NS/c25-23-17(16-8-2-1-3-9-16)11-6-12-19(23)21-14-7-13-20-18-10-4-5-15-22(18)26-24(20)21/h1-15H,25H2. The lowest BCUT2D eigenvalue weighted by molar-refractivity contribution is 1.60. The van der Waals surface area contributed by atoms with E-state index in [-0.39, 0.29) is 0 Å². The number of rotatable bonds is 2. The van der Waals surface area contributed by atoms with Crippen molar-refractivity contribution < 1.29 is 0 Å². The molecule has 1 heterocycles. The maximum absolute atomic E-state index is 6.64. The lowest BCUT2D eigenvalue weighted by Gasteiger charge is -2.12. The van der Waals surface area contributed by atoms with Gasteiger partial charge in [-0.3, -0.25) is 0 Å². The normalized spacial score (nSPS) is 11.2. The van der Waals surface area contributed by atoms with Crippen molar-refractivity contribution in [2.24, 2.45) is 0 Å². The molecule has 0 aliphatic heterocycles. The van der Waals surface area contributed by atoms with Gasteiger partial charge in [0.2, 0.25) is 0 Å². The Morgan fingerprint density at radius 3 is 2.08 bits per heavy atom. The van der Waals surface area contributed by atoms with Crippen molar-refractivity contribution in [1.29, 1.82) is 0 Å². The maximum Gasteiger partial charge on any atom is 0.0473 e. The third-order valence-corrected chi connectivity index (χ3v) is 6.11. The molecule has 0 fully saturated rings. The third-order valence-electron chi connectivity index (χ3n) is 4.89. The average molecular weight is 351 g/mol. The number of fused-ring (bicyclic) bond motifs is 3. The molecule has 26 heavy (non-hydrogen) atoms. The molecular formula is C24H17NS. The highest BCUT2D eigenvalue weighted by atomic mass is 32.1. The molecule has 0 atom stereocenters. The molecule has 1 aromatic heterocycles. The monoisotopic (exact) mass is 351 g/mol. The molecule has 0 saturated carbocycles. The van der Waals surface area contributed by atoms with E-state index in [1.54, 1.807) is 0 Å². The molecule has 1 nitrogen and oxygen atoms in total. The van der Waals surface area contributed by atoms with E-state index in [4.69, 9.17) is 5.73 Å². The molecule has 0 amide bonds. The topological polar surface area (TPSA) is 26.0 Å². The summed E-state index contributed by atoms with van der Waals surface area (Å²) >= 11 is 1.84. The van der Waals surface area contributed by atoms with E-state index in [9.17, 15) is 0 Å². The highest BCUT2D eigenvalue weighted by molar-refractivity contribution is 7.26. The predicted molar refractivity (Wildman–Crippen MR) is 115 cm³/mol. The zero-order valence-corrected chi connectivity index (χ0v) is 15.0. The third kappa shape index (κ3) is 2.31. The molecule has 2 heteroatoms. The smallest absolute Gasteiger partial charge is 0.0473 e. The lowest BCUT2D eigenvalue weighted by atomic mass is 9.95. The van der Waals surface area contributed by atoms with Gasteiger partial charge in [0.1, 0.15) is 0 Å². The number of hydrogen-bond acceptors (Lipinski definition) is 2. The second-order valence-electron chi connectivity index (χ2n) is 6.41. The summed E-state index contributed by atoms with van der Waals surface area (Å²) in [5, 5.41) is 2.61.